The fourth-order valence-corrected chi connectivity index (χ4v) is 4.47. The van der Waals surface area contributed by atoms with Gasteiger partial charge in [0.25, 0.3) is 5.91 Å². The summed E-state index contributed by atoms with van der Waals surface area (Å²) in [6, 6.07) is 22.5. The normalized spacial score (nSPS) is 17.6. The number of esters is 1. The van der Waals surface area contributed by atoms with Gasteiger partial charge in [-0.25, -0.2) is 0 Å². The van der Waals surface area contributed by atoms with Crippen molar-refractivity contribution >= 4 is 11.9 Å². The van der Waals surface area contributed by atoms with E-state index in [4.69, 9.17) is 14.2 Å². The molecule has 35 heavy (non-hydrogen) atoms. The van der Waals surface area contributed by atoms with Gasteiger partial charge in [0.05, 0.1) is 21.3 Å². The second-order valence-electron chi connectivity index (χ2n) is 8.54. The molecular formula is C28H30N2O5. The second-order valence-corrected chi connectivity index (χ2v) is 8.54. The average molecular weight is 475 g/mol. The van der Waals surface area contributed by atoms with E-state index in [2.05, 4.69) is 5.32 Å². The quantitative estimate of drug-likeness (QED) is 0.499. The van der Waals surface area contributed by atoms with Crippen molar-refractivity contribution in [3.05, 3.63) is 83.9 Å². The van der Waals surface area contributed by atoms with Gasteiger partial charge in [0, 0.05) is 30.8 Å². The van der Waals surface area contributed by atoms with Gasteiger partial charge >= 0.3 is 5.97 Å². The predicted octanol–water partition coefficient (Wildman–Crippen LogP) is 3.92. The van der Waals surface area contributed by atoms with Gasteiger partial charge in [-0.3, -0.25) is 14.5 Å². The van der Waals surface area contributed by atoms with Crippen LogP contribution in [0.3, 0.4) is 0 Å². The zero-order valence-electron chi connectivity index (χ0n) is 20.2. The number of hydrogen-bond donors (Lipinski definition) is 1. The Labute approximate surface area is 205 Å². The van der Waals surface area contributed by atoms with E-state index in [1.165, 1.54) is 7.11 Å². The van der Waals surface area contributed by atoms with Crippen molar-refractivity contribution < 1.29 is 23.8 Å². The van der Waals surface area contributed by atoms with Gasteiger partial charge in [-0.15, -0.1) is 0 Å². The third-order valence-electron chi connectivity index (χ3n) is 6.26. The Morgan fingerprint density at radius 3 is 2.11 bits per heavy atom. The summed E-state index contributed by atoms with van der Waals surface area (Å²) >= 11 is 0. The lowest BCUT2D eigenvalue weighted by Crippen LogP contribution is -2.37. The Kier molecular flexibility index (Phi) is 7.67. The lowest BCUT2D eigenvalue weighted by molar-refractivity contribution is -0.146. The van der Waals surface area contributed by atoms with Gasteiger partial charge in [0.1, 0.15) is 17.5 Å². The SMILES string of the molecule is COC(=O)[C@@H]1C[C@@H](NC(=O)c2ccc(-c3ccccc3)cc2)CN1Cc1cc(OC)cc(OC)c1. The summed E-state index contributed by atoms with van der Waals surface area (Å²) in [7, 11) is 4.59. The number of carbonyl (C=O) groups excluding carboxylic acids is 2. The van der Waals surface area contributed by atoms with Crippen molar-refractivity contribution in [2.75, 3.05) is 27.9 Å². The number of nitrogens with one attached hydrogen (secondary N) is 1. The van der Waals surface area contributed by atoms with Crippen molar-refractivity contribution in [2.45, 2.75) is 25.0 Å². The third-order valence-corrected chi connectivity index (χ3v) is 6.26. The van der Waals surface area contributed by atoms with Gasteiger partial charge in [-0.1, -0.05) is 42.5 Å². The molecule has 0 aliphatic carbocycles. The highest BCUT2D eigenvalue weighted by atomic mass is 16.5. The number of ether oxygens (including phenoxy) is 3. The van der Waals surface area contributed by atoms with Crippen LogP contribution in [0.1, 0.15) is 22.3 Å². The van der Waals surface area contributed by atoms with Gasteiger partial charge in [0.2, 0.25) is 0 Å². The third kappa shape index (κ3) is 5.81. The molecule has 1 N–H and O–H groups in total. The maximum atomic E-state index is 12.9. The summed E-state index contributed by atoms with van der Waals surface area (Å²) in [6.07, 6.45) is 0.474. The Hall–Kier alpha value is -3.84. The van der Waals surface area contributed by atoms with Crippen LogP contribution < -0.4 is 14.8 Å². The van der Waals surface area contributed by atoms with E-state index in [9.17, 15) is 9.59 Å². The van der Waals surface area contributed by atoms with E-state index < -0.39 is 6.04 Å². The molecule has 7 nitrogen and oxygen atoms in total. The minimum absolute atomic E-state index is 0.164. The van der Waals surface area contributed by atoms with Gasteiger partial charge in [-0.05, 0) is 47.4 Å². The minimum atomic E-state index is -0.456. The first-order chi connectivity index (χ1) is 17.0. The van der Waals surface area contributed by atoms with Crippen LogP contribution in [0.25, 0.3) is 11.1 Å². The lowest BCUT2D eigenvalue weighted by atomic mass is 10.0. The molecule has 0 unspecified atom stereocenters. The number of amides is 1. The first-order valence-corrected chi connectivity index (χ1v) is 11.5. The molecule has 1 saturated heterocycles. The molecule has 0 spiro atoms. The summed E-state index contributed by atoms with van der Waals surface area (Å²) in [5.74, 6) is 0.876. The first-order valence-electron chi connectivity index (χ1n) is 11.5. The summed E-state index contributed by atoms with van der Waals surface area (Å²) in [4.78, 5) is 27.5. The zero-order chi connectivity index (χ0) is 24.8. The van der Waals surface area contributed by atoms with Crippen molar-refractivity contribution in [3.63, 3.8) is 0 Å². The van der Waals surface area contributed by atoms with Crippen LogP contribution in [0.2, 0.25) is 0 Å². The number of hydrogen-bond acceptors (Lipinski definition) is 6. The number of likely N-dealkylation sites (tertiary alicyclic amines) is 1. The van der Waals surface area contributed by atoms with Gasteiger partial charge in [-0.2, -0.15) is 0 Å². The van der Waals surface area contributed by atoms with Crippen LogP contribution in [-0.2, 0) is 16.1 Å². The van der Waals surface area contributed by atoms with Gasteiger partial charge in [0.15, 0.2) is 0 Å². The molecule has 1 amide bonds. The summed E-state index contributed by atoms with van der Waals surface area (Å²) in [6.45, 7) is 1.01. The minimum Gasteiger partial charge on any atom is -0.497 e. The Bertz CT molecular complexity index is 1140. The van der Waals surface area contributed by atoms with Crippen molar-refractivity contribution in [2.24, 2.45) is 0 Å². The monoisotopic (exact) mass is 474 g/mol. The molecule has 3 aromatic rings. The fourth-order valence-electron chi connectivity index (χ4n) is 4.47. The summed E-state index contributed by atoms with van der Waals surface area (Å²) in [5.41, 5.74) is 3.67. The van der Waals surface area contributed by atoms with E-state index in [1.54, 1.807) is 20.3 Å². The van der Waals surface area contributed by atoms with E-state index in [-0.39, 0.29) is 17.9 Å². The predicted molar refractivity (Wildman–Crippen MR) is 134 cm³/mol. The van der Waals surface area contributed by atoms with Gasteiger partial charge < -0.3 is 19.5 Å². The largest absolute Gasteiger partial charge is 0.497 e. The van der Waals surface area contributed by atoms with Crippen LogP contribution in [0.15, 0.2) is 72.8 Å². The van der Waals surface area contributed by atoms with Crippen LogP contribution in [-0.4, -0.2) is 56.7 Å². The second kappa shape index (κ2) is 11.1. The fraction of sp³-hybridized carbons (Fsp3) is 0.286. The average Bonchev–Trinajstić information content (AvgIpc) is 3.30. The molecule has 3 aromatic carbocycles. The Morgan fingerprint density at radius 2 is 1.51 bits per heavy atom. The smallest absolute Gasteiger partial charge is 0.323 e. The standard InChI is InChI=1S/C28H30N2O5/c1-33-24-13-19(14-25(16-24)34-2)17-30-18-23(15-26(30)28(32)35-3)29-27(31)22-11-9-21(10-12-22)20-7-5-4-6-8-20/h4-14,16,23,26H,15,17-18H2,1-3H3,(H,29,31)/t23-,26+/m1/s1. The molecule has 1 fully saturated rings. The molecule has 7 heteroatoms. The van der Waals surface area contributed by atoms with Crippen molar-refractivity contribution in [1.82, 2.24) is 10.2 Å². The maximum absolute atomic E-state index is 12.9. The molecule has 4 rings (SSSR count). The molecule has 1 heterocycles. The highest BCUT2D eigenvalue weighted by Gasteiger charge is 2.38. The molecule has 1 aliphatic rings. The van der Waals surface area contributed by atoms with Crippen LogP contribution >= 0.6 is 0 Å². The number of methoxy groups -OCH3 is 3. The molecule has 1 aliphatic heterocycles. The molecule has 182 valence electrons. The highest BCUT2D eigenvalue weighted by Crippen LogP contribution is 2.27. The summed E-state index contributed by atoms with van der Waals surface area (Å²) in [5, 5.41) is 3.09. The molecule has 0 bridgehead atoms. The summed E-state index contributed by atoms with van der Waals surface area (Å²) < 4.78 is 15.8. The number of rotatable bonds is 8. The lowest BCUT2D eigenvalue weighted by Gasteiger charge is -2.22. The van der Waals surface area contributed by atoms with E-state index in [0.29, 0.717) is 36.6 Å². The van der Waals surface area contributed by atoms with Crippen molar-refractivity contribution in [1.29, 1.82) is 0 Å². The topological polar surface area (TPSA) is 77.1 Å². The molecule has 0 saturated carbocycles. The number of nitrogens with zero attached hydrogens (tertiary/aromatic N) is 1. The number of carbonyl (C=O) groups is 2. The first kappa shape index (κ1) is 24.3. The van der Waals surface area contributed by atoms with E-state index in [1.807, 2.05) is 71.6 Å². The number of benzene rings is 3. The van der Waals surface area contributed by atoms with Crippen LogP contribution in [0.5, 0.6) is 11.5 Å². The van der Waals surface area contributed by atoms with Crippen molar-refractivity contribution in [3.8, 4) is 22.6 Å². The van der Waals surface area contributed by atoms with Crippen LogP contribution in [0.4, 0.5) is 0 Å². The Morgan fingerprint density at radius 1 is 0.886 bits per heavy atom. The molecule has 2 atom stereocenters. The van der Waals surface area contributed by atoms with Crippen LogP contribution in [0, 0.1) is 0 Å². The highest BCUT2D eigenvalue weighted by molar-refractivity contribution is 5.95. The molecule has 0 aromatic heterocycles. The maximum Gasteiger partial charge on any atom is 0.323 e. The zero-order valence-corrected chi connectivity index (χ0v) is 20.2. The van der Waals surface area contributed by atoms with E-state index in [0.717, 1.165) is 16.7 Å². The van der Waals surface area contributed by atoms with E-state index >= 15 is 0 Å². The Balaban J connectivity index is 1.45. The molecular weight excluding hydrogens is 444 g/mol. The molecule has 0 radical (unpaired) electrons.